The first-order valence-electron chi connectivity index (χ1n) is 7.17. The Morgan fingerprint density at radius 3 is 1.86 bits per heavy atom. The van der Waals surface area contributed by atoms with Crippen LogP contribution < -0.4 is 0 Å². The molecule has 0 aliphatic heterocycles. The molecule has 0 saturated carbocycles. The van der Waals surface area contributed by atoms with E-state index in [1.807, 2.05) is 18.2 Å². The number of hydrogen-bond donors (Lipinski definition) is 1. The van der Waals surface area contributed by atoms with E-state index < -0.39 is 0 Å². The van der Waals surface area contributed by atoms with Crippen LogP contribution in [-0.2, 0) is 0 Å². The van der Waals surface area contributed by atoms with Gasteiger partial charge in [-0.3, -0.25) is 0 Å². The van der Waals surface area contributed by atoms with E-state index in [1.165, 1.54) is 5.56 Å². The average molecular weight is 304 g/mol. The highest BCUT2D eigenvalue weighted by atomic mass is 32.1. The summed E-state index contributed by atoms with van der Waals surface area (Å²) in [6, 6.07) is 16.4. The van der Waals surface area contributed by atoms with E-state index >= 15 is 0 Å². The molecule has 2 heterocycles. The van der Waals surface area contributed by atoms with Crippen molar-refractivity contribution in [3.8, 4) is 0 Å². The van der Waals surface area contributed by atoms with Crippen LogP contribution >= 0.6 is 12.6 Å². The van der Waals surface area contributed by atoms with Crippen molar-refractivity contribution in [2.45, 2.75) is 11.8 Å². The van der Waals surface area contributed by atoms with E-state index in [1.54, 1.807) is 0 Å². The minimum absolute atomic E-state index is 0.857. The van der Waals surface area contributed by atoms with Crippen molar-refractivity contribution < 1.29 is 8.83 Å². The van der Waals surface area contributed by atoms with E-state index in [9.17, 15) is 0 Å². The lowest BCUT2D eigenvalue weighted by atomic mass is 10.1. The molecule has 22 heavy (non-hydrogen) atoms. The van der Waals surface area contributed by atoms with Crippen molar-refractivity contribution in [3.05, 3.63) is 54.1 Å². The average Bonchev–Trinajstić information content (AvgIpc) is 3.00. The molecule has 0 bridgehead atoms. The smallest absolute Gasteiger partial charge is 0.136 e. The van der Waals surface area contributed by atoms with Crippen LogP contribution in [0, 0.1) is 6.92 Å². The number of hydrogen-bond acceptors (Lipinski definition) is 3. The largest absolute Gasteiger partial charge is 0.456 e. The van der Waals surface area contributed by atoms with E-state index in [0.717, 1.165) is 48.8 Å². The summed E-state index contributed by atoms with van der Waals surface area (Å²) in [5.41, 5.74) is 4.75. The normalized spacial score (nSPS) is 12.1. The van der Waals surface area contributed by atoms with Gasteiger partial charge in [-0.2, -0.15) is 0 Å². The van der Waals surface area contributed by atoms with E-state index in [2.05, 4.69) is 49.9 Å². The Balaban J connectivity index is 1.97. The summed E-state index contributed by atoms with van der Waals surface area (Å²) in [4.78, 5) is 0.899. The molecule has 0 saturated heterocycles. The summed E-state index contributed by atoms with van der Waals surface area (Å²) >= 11 is 4.37. The number of thiol groups is 1. The zero-order valence-corrected chi connectivity index (χ0v) is 12.8. The highest BCUT2D eigenvalue weighted by Crippen LogP contribution is 2.37. The van der Waals surface area contributed by atoms with Crippen molar-refractivity contribution >= 4 is 56.5 Å². The van der Waals surface area contributed by atoms with Gasteiger partial charge in [-0.25, -0.2) is 0 Å². The summed E-state index contributed by atoms with van der Waals surface area (Å²) in [5, 5.41) is 4.38. The van der Waals surface area contributed by atoms with Gasteiger partial charge in [0.1, 0.15) is 22.3 Å². The Labute approximate surface area is 131 Å². The molecular weight excluding hydrogens is 292 g/mol. The quantitative estimate of drug-likeness (QED) is 0.351. The monoisotopic (exact) mass is 304 g/mol. The molecule has 0 spiro atoms. The first-order valence-corrected chi connectivity index (χ1v) is 7.62. The maximum atomic E-state index is 6.03. The third-order valence-corrected chi connectivity index (χ3v) is 4.48. The number of benzene rings is 3. The van der Waals surface area contributed by atoms with Crippen LogP contribution in [0.25, 0.3) is 43.9 Å². The topological polar surface area (TPSA) is 26.3 Å². The summed E-state index contributed by atoms with van der Waals surface area (Å²) in [6.07, 6.45) is 0. The highest BCUT2D eigenvalue weighted by Gasteiger charge is 2.13. The van der Waals surface area contributed by atoms with Gasteiger partial charge in [-0.15, -0.1) is 12.6 Å². The van der Waals surface area contributed by atoms with Gasteiger partial charge in [-0.1, -0.05) is 12.1 Å². The predicted octanol–water partition coefficient (Wildman–Crippen LogP) is 6.08. The van der Waals surface area contributed by atoms with E-state index in [4.69, 9.17) is 8.83 Å². The molecule has 0 fully saturated rings. The van der Waals surface area contributed by atoms with Crippen LogP contribution in [0.1, 0.15) is 5.56 Å². The van der Waals surface area contributed by atoms with E-state index in [0.29, 0.717) is 0 Å². The number of aryl methyl sites for hydroxylation is 1. The molecule has 5 aromatic rings. The van der Waals surface area contributed by atoms with Crippen molar-refractivity contribution in [3.63, 3.8) is 0 Å². The van der Waals surface area contributed by atoms with Crippen molar-refractivity contribution in [1.82, 2.24) is 0 Å². The summed E-state index contributed by atoms with van der Waals surface area (Å²) in [5.74, 6) is 0. The molecule has 3 heteroatoms. The molecule has 0 aliphatic rings. The lowest BCUT2D eigenvalue weighted by Gasteiger charge is -1.92. The van der Waals surface area contributed by atoms with Crippen LogP contribution in [0.2, 0.25) is 0 Å². The second-order valence-corrected chi connectivity index (χ2v) is 6.25. The third kappa shape index (κ3) is 1.57. The first-order chi connectivity index (χ1) is 10.7. The van der Waals surface area contributed by atoms with Crippen LogP contribution in [0.5, 0.6) is 0 Å². The van der Waals surface area contributed by atoms with Gasteiger partial charge in [0.25, 0.3) is 0 Å². The standard InChI is InChI=1S/C19H12O2S/c1-10-2-4-12-14-8-19-15(9-18(14)20-16(12)6-10)13-5-3-11(22)7-17(13)21-19/h2-9,22H,1H3. The minimum atomic E-state index is 0.857. The van der Waals surface area contributed by atoms with Crippen LogP contribution in [-0.4, -0.2) is 0 Å². The fourth-order valence-electron chi connectivity index (χ4n) is 3.14. The van der Waals surface area contributed by atoms with Crippen LogP contribution in [0.3, 0.4) is 0 Å². The third-order valence-electron chi connectivity index (χ3n) is 4.20. The second-order valence-electron chi connectivity index (χ2n) is 5.73. The fraction of sp³-hybridized carbons (Fsp3) is 0.0526. The van der Waals surface area contributed by atoms with Gasteiger partial charge < -0.3 is 8.83 Å². The molecule has 2 nitrogen and oxygen atoms in total. The number of rotatable bonds is 0. The highest BCUT2D eigenvalue weighted by molar-refractivity contribution is 7.80. The molecular formula is C19H12O2S. The second kappa shape index (κ2) is 4.08. The minimum Gasteiger partial charge on any atom is -0.456 e. The molecule has 5 rings (SSSR count). The summed E-state index contributed by atoms with van der Waals surface area (Å²) in [7, 11) is 0. The Morgan fingerprint density at radius 1 is 0.636 bits per heavy atom. The maximum absolute atomic E-state index is 6.03. The Hall–Kier alpha value is -2.39. The molecule has 0 atom stereocenters. The van der Waals surface area contributed by atoms with Crippen molar-refractivity contribution in [2.75, 3.05) is 0 Å². The first kappa shape index (κ1) is 12.2. The van der Waals surface area contributed by atoms with Gasteiger partial charge in [0.05, 0.1) is 0 Å². The summed E-state index contributed by atoms with van der Waals surface area (Å²) in [6.45, 7) is 2.07. The van der Waals surface area contributed by atoms with Gasteiger partial charge in [-0.05, 0) is 48.9 Å². The van der Waals surface area contributed by atoms with Gasteiger partial charge in [0.2, 0.25) is 0 Å². The zero-order chi connectivity index (χ0) is 14.8. The van der Waals surface area contributed by atoms with Gasteiger partial charge in [0, 0.05) is 26.4 Å². The predicted molar refractivity (Wildman–Crippen MR) is 93.0 cm³/mol. The molecule has 0 amide bonds. The number of furan rings is 2. The van der Waals surface area contributed by atoms with Crippen LogP contribution in [0.15, 0.2) is 62.3 Å². The Kier molecular flexibility index (Phi) is 2.26. The van der Waals surface area contributed by atoms with Crippen LogP contribution in [0.4, 0.5) is 0 Å². The summed E-state index contributed by atoms with van der Waals surface area (Å²) < 4.78 is 12.0. The van der Waals surface area contributed by atoms with Gasteiger partial charge >= 0.3 is 0 Å². The molecule has 0 radical (unpaired) electrons. The molecule has 0 N–H and O–H groups in total. The van der Waals surface area contributed by atoms with Crippen molar-refractivity contribution in [1.29, 1.82) is 0 Å². The van der Waals surface area contributed by atoms with Crippen molar-refractivity contribution in [2.24, 2.45) is 0 Å². The van der Waals surface area contributed by atoms with E-state index in [-0.39, 0.29) is 0 Å². The molecule has 0 aliphatic carbocycles. The molecule has 0 unspecified atom stereocenters. The van der Waals surface area contributed by atoms with Gasteiger partial charge in [0.15, 0.2) is 0 Å². The molecule has 106 valence electrons. The Morgan fingerprint density at radius 2 is 1.18 bits per heavy atom. The Bertz CT molecular complexity index is 1100. The lowest BCUT2D eigenvalue weighted by molar-refractivity contribution is 0.663. The zero-order valence-electron chi connectivity index (χ0n) is 11.9. The SMILES string of the molecule is Cc1ccc2c(c1)oc1cc3c(cc12)oc1cc(S)ccc13. The fourth-order valence-corrected chi connectivity index (χ4v) is 3.33. The molecule has 2 aromatic heterocycles. The maximum Gasteiger partial charge on any atom is 0.136 e. The number of fused-ring (bicyclic) bond motifs is 6. The lowest BCUT2D eigenvalue weighted by Crippen LogP contribution is -1.70. The molecule has 3 aromatic carbocycles.